The Hall–Kier alpha value is -1.88. The summed E-state index contributed by atoms with van der Waals surface area (Å²) in [6.45, 7) is 3.54. The Bertz CT molecular complexity index is 493. The van der Waals surface area contributed by atoms with E-state index in [2.05, 4.69) is 10.6 Å². The van der Waals surface area contributed by atoms with Crippen LogP contribution in [0.4, 0.5) is 5.69 Å². The lowest BCUT2D eigenvalue weighted by molar-refractivity contribution is -0.126. The topological polar surface area (TPSA) is 78.4 Å². The Kier molecular flexibility index (Phi) is 3.85. The molecule has 0 spiro atoms. The molecule has 1 aliphatic heterocycles. The van der Waals surface area contributed by atoms with E-state index < -0.39 is 11.4 Å². The lowest BCUT2D eigenvalue weighted by Gasteiger charge is -2.32. The van der Waals surface area contributed by atoms with Crippen LogP contribution in [-0.4, -0.2) is 30.1 Å². The number of carboxylic acid groups (broad SMARTS) is 1. The van der Waals surface area contributed by atoms with Crippen LogP contribution in [0.15, 0.2) is 24.3 Å². The molecule has 5 nitrogen and oxygen atoms in total. The number of carboxylic acids is 1. The molecule has 1 aromatic carbocycles. The molecule has 0 aliphatic carbocycles. The highest BCUT2D eigenvalue weighted by Crippen LogP contribution is 2.30. The average molecular weight is 262 g/mol. The van der Waals surface area contributed by atoms with Crippen LogP contribution in [0.25, 0.3) is 0 Å². The van der Waals surface area contributed by atoms with Gasteiger partial charge in [-0.3, -0.25) is 4.79 Å². The van der Waals surface area contributed by atoms with Gasteiger partial charge in [-0.1, -0.05) is 19.1 Å². The normalized spacial score (nSPS) is 17.7. The number of hydrogen-bond donors (Lipinski definition) is 3. The van der Waals surface area contributed by atoms with Gasteiger partial charge in [0.05, 0.1) is 11.3 Å². The number of para-hydroxylation sites is 1. The standard InChI is InChI=1S/C14H18N2O3/c1-14(6-8-15-9-7-14)13(19)16-11-5-3-2-4-10(11)12(17)18/h2-5,15H,6-9H2,1H3,(H,16,19)(H,17,18). The lowest BCUT2D eigenvalue weighted by Crippen LogP contribution is -2.43. The second kappa shape index (κ2) is 5.40. The van der Waals surface area contributed by atoms with Crippen LogP contribution in [-0.2, 0) is 4.79 Å². The SMILES string of the molecule is CC1(C(=O)Nc2ccccc2C(=O)O)CCNCC1. The molecule has 1 amide bonds. The molecule has 0 saturated carbocycles. The van der Waals surface area contributed by atoms with E-state index in [4.69, 9.17) is 5.11 Å². The van der Waals surface area contributed by atoms with Crippen molar-refractivity contribution >= 4 is 17.6 Å². The Morgan fingerprint density at radius 3 is 2.53 bits per heavy atom. The number of rotatable bonds is 3. The highest BCUT2D eigenvalue weighted by molar-refractivity contribution is 6.02. The number of amides is 1. The summed E-state index contributed by atoms with van der Waals surface area (Å²) >= 11 is 0. The average Bonchev–Trinajstić information content (AvgIpc) is 2.40. The fourth-order valence-electron chi connectivity index (χ4n) is 2.26. The fraction of sp³-hybridized carbons (Fsp3) is 0.429. The van der Waals surface area contributed by atoms with Crippen molar-refractivity contribution in [1.29, 1.82) is 0 Å². The van der Waals surface area contributed by atoms with Crippen LogP contribution in [0.2, 0.25) is 0 Å². The molecule has 102 valence electrons. The second-order valence-electron chi connectivity index (χ2n) is 5.12. The van der Waals surface area contributed by atoms with Crippen molar-refractivity contribution < 1.29 is 14.7 Å². The number of carbonyl (C=O) groups is 2. The van der Waals surface area contributed by atoms with Gasteiger partial charge in [-0.25, -0.2) is 4.79 Å². The molecule has 1 fully saturated rings. The third kappa shape index (κ3) is 2.93. The van der Waals surface area contributed by atoms with Gasteiger partial charge in [0.2, 0.25) is 5.91 Å². The van der Waals surface area contributed by atoms with Gasteiger partial charge in [0, 0.05) is 5.41 Å². The first-order chi connectivity index (χ1) is 9.03. The molecule has 0 aromatic heterocycles. The maximum Gasteiger partial charge on any atom is 0.337 e. The molecule has 1 aromatic rings. The van der Waals surface area contributed by atoms with Gasteiger partial charge in [-0.15, -0.1) is 0 Å². The summed E-state index contributed by atoms with van der Waals surface area (Å²) in [5.74, 6) is -1.14. The number of anilines is 1. The van der Waals surface area contributed by atoms with Gasteiger partial charge < -0.3 is 15.7 Å². The number of benzene rings is 1. The van der Waals surface area contributed by atoms with E-state index in [0.717, 1.165) is 25.9 Å². The Morgan fingerprint density at radius 1 is 1.26 bits per heavy atom. The van der Waals surface area contributed by atoms with E-state index in [1.807, 2.05) is 6.92 Å². The van der Waals surface area contributed by atoms with Gasteiger partial charge in [-0.2, -0.15) is 0 Å². The van der Waals surface area contributed by atoms with Gasteiger partial charge in [0.15, 0.2) is 0 Å². The maximum atomic E-state index is 12.3. The van der Waals surface area contributed by atoms with Crippen LogP contribution >= 0.6 is 0 Å². The molecule has 0 atom stereocenters. The van der Waals surface area contributed by atoms with Crippen molar-refractivity contribution in [2.24, 2.45) is 5.41 Å². The zero-order valence-electron chi connectivity index (χ0n) is 10.9. The molecular weight excluding hydrogens is 244 g/mol. The molecule has 19 heavy (non-hydrogen) atoms. The van der Waals surface area contributed by atoms with Gasteiger partial charge in [0.25, 0.3) is 0 Å². The zero-order chi connectivity index (χ0) is 13.9. The molecule has 1 heterocycles. The Balaban J connectivity index is 2.17. The number of hydrogen-bond acceptors (Lipinski definition) is 3. The fourth-order valence-corrected chi connectivity index (χ4v) is 2.26. The molecule has 5 heteroatoms. The van der Waals surface area contributed by atoms with Crippen LogP contribution in [0.5, 0.6) is 0 Å². The van der Waals surface area contributed by atoms with E-state index in [1.165, 1.54) is 6.07 Å². The van der Waals surface area contributed by atoms with Crippen molar-refractivity contribution in [3.05, 3.63) is 29.8 Å². The van der Waals surface area contributed by atoms with Crippen molar-refractivity contribution in [1.82, 2.24) is 5.32 Å². The predicted molar refractivity (Wildman–Crippen MR) is 72.2 cm³/mol. The third-order valence-electron chi connectivity index (χ3n) is 3.66. The van der Waals surface area contributed by atoms with E-state index in [9.17, 15) is 9.59 Å². The highest BCUT2D eigenvalue weighted by atomic mass is 16.4. The summed E-state index contributed by atoms with van der Waals surface area (Å²) < 4.78 is 0. The predicted octanol–water partition coefficient (Wildman–Crippen LogP) is 1.71. The molecule has 0 radical (unpaired) electrons. The van der Waals surface area contributed by atoms with Gasteiger partial charge >= 0.3 is 5.97 Å². The number of piperidine rings is 1. The largest absolute Gasteiger partial charge is 0.478 e. The van der Waals surface area contributed by atoms with E-state index in [0.29, 0.717) is 5.69 Å². The zero-order valence-corrected chi connectivity index (χ0v) is 10.9. The molecule has 3 N–H and O–H groups in total. The molecule has 1 saturated heterocycles. The first-order valence-corrected chi connectivity index (χ1v) is 6.37. The minimum Gasteiger partial charge on any atom is -0.478 e. The first kappa shape index (κ1) is 13.5. The summed E-state index contributed by atoms with van der Waals surface area (Å²) in [5.41, 5.74) is 0.0461. The molecule has 0 unspecified atom stereocenters. The van der Waals surface area contributed by atoms with Crippen LogP contribution in [0, 0.1) is 5.41 Å². The summed E-state index contributed by atoms with van der Waals surface area (Å²) in [6.07, 6.45) is 1.52. The quantitative estimate of drug-likeness (QED) is 0.775. The number of nitrogens with one attached hydrogen (secondary N) is 2. The van der Waals surface area contributed by atoms with Crippen molar-refractivity contribution in [2.75, 3.05) is 18.4 Å². The van der Waals surface area contributed by atoms with Crippen LogP contribution in [0.3, 0.4) is 0 Å². The van der Waals surface area contributed by atoms with Crippen molar-refractivity contribution in [3.8, 4) is 0 Å². The summed E-state index contributed by atoms with van der Waals surface area (Å²) in [6, 6.07) is 6.46. The second-order valence-corrected chi connectivity index (χ2v) is 5.12. The smallest absolute Gasteiger partial charge is 0.337 e. The Morgan fingerprint density at radius 2 is 1.89 bits per heavy atom. The summed E-state index contributed by atoms with van der Waals surface area (Å²) in [7, 11) is 0. The minimum absolute atomic E-state index is 0.109. The van der Waals surface area contributed by atoms with Crippen molar-refractivity contribution in [3.63, 3.8) is 0 Å². The van der Waals surface area contributed by atoms with E-state index in [1.54, 1.807) is 18.2 Å². The molecular formula is C14H18N2O3. The highest BCUT2D eigenvalue weighted by Gasteiger charge is 2.34. The van der Waals surface area contributed by atoms with E-state index in [-0.39, 0.29) is 11.5 Å². The molecule has 0 bridgehead atoms. The summed E-state index contributed by atoms with van der Waals surface area (Å²) in [4.78, 5) is 23.4. The van der Waals surface area contributed by atoms with E-state index >= 15 is 0 Å². The molecule has 1 aliphatic rings. The van der Waals surface area contributed by atoms with Crippen molar-refractivity contribution in [2.45, 2.75) is 19.8 Å². The maximum absolute atomic E-state index is 12.3. The monoisotopic (exact) mass is 262 g/mol. The molecule has 2 rings (SSSR count). The lowest BCUT2D eigenvalue weighted by atomic mass is 9.80. The Labute approximate surface area is 112 Å². The van der Waals surface area contributed by atoms with Crippen LogP contribution < -0.4 is 10.6 Å². The van der Waals surface area contributed by atoms with Gasteiger partial charge in [-0.05, 0) is 38.1 Å². The van der Waals surface area contributed by atoms with Gasteiger partial charge in [0.1, 0.15) is 0 Å². The number of aromatic carboxylic acids is 1. The number of carbonyl (C=O) groups excluding carboxylic acids is 1. The first-order valence-electron chi connectivity index (χ1n) is 6.37. The minimum atomic E-state index is -1.04. The van der Waals surface area contributed by atoms with Crippen LogP contribution in [0.1, 0.15) is 30.1 Å². The summed E-state index contributed by atoms with van der Waals surface area (Å²) in [5, 5.41) is 15.1. The third-order valence-corrected chi connectivity index (χ3v) is 3.66.